The van der Waals surface area contributed by atoms with E-state index in [9.17, 15) is 5.11 Å². The smallest absolute Gasteiger partial charge is 0.138 e. The number of rotatable bonds is 5. The maximum Gasteiger partial charge on any atom is 0.138 e. The largest absolute Gasteiger partial charge is 0.507 e. The molecule has 5 nitrogen and oxygen atoms in total. The molecule has 31 heavy (non-hydrogen) atoms. The molecule has 1 aromatic heterocycles. The molecule has 0 bridgehead atoms. The third kappa shape index (κ3) is 3.81. The first-order chi connectivity index (χ1) is 15.3. The molecule has 3 aromatic carbocycles. The molecule has 0 radical (unpaired) electrons. The van der Waals surface area contributed by atoms with E-state index in [1.807, 2.05) is 67.0 Å². The number of pyridine rings is 1. The number of nitrogens with zero attached hydrogens (tertiary/aromatic N) is 3. The van der Waals surface area contributed by atoms with E-state index in [-0.39, 0.29) is 5.75 Å². The van der Waals surface area contributed by atoms with Gasteiger partial charge in [-0.2, -0.15) is 0 Å². The molecule has 0 unspecified atom stereocenters. The molecular formula is C26H22N4O. The summed E-state index contributed by atoms with van der Waals surface area (Å²) in [4.78, 5) is 9.19. The Bertz CT molecular complexity index is 1220. The van der Waals surface area contributed by atoms with Crippen molar-refractivity contribution in [3.8, 4) is 17.0 Å². The first-order valence-corrected chi connectivity index (χ1v) is 10.2. The molecule has 1 aliphatic rings. The second-order valence-electron chi connectivity index (χ2n) is 7.24. The second-order valence-corrected chi connectivity index (χ2v) is 7.24. The fourth-order valence-electron chi connectivity index (χ4n) is 3.71. The number of aromatic nitrogens is 1. The topological polar surface area (TPSA) is 51.6 Å². The van der Waals surface area contributed by atoms with E-state index >= 15 is 0 Å². The average Bonchev–Trinajstić information content (AvgIpc) is 3.36. The third-order valence-electron chi connectivity index (χ3n) is 5.21. The Labute approximate surface area is 181 Å². The van der Waals surface area contributed by atoms with Crippen molar-refractivity contribution in [3.63, 3.8) is 0 Å². The number of hydrogen-bond acceptors (Lipinski definition) is 5. The van der Waals surface area contributed by atoms with E-state index in [1.54, 1.807) is 6.07 Å². The number of para-hydroxylation sites is 2. The molecule has 0 saturated carbocycles. The highest BCUT2D eigenvalue weighted by molar-refractivity contribution is 5.78. The summed E-state index contributed by atoms with van der Waals surface area (Å²) in [6, 6.07) is 31.7. The van der Waals surface area contributed by atoms with Crippen molar-refractivity contribution in [1.29, 1.82) is 0 Å². The van der Waals surface area contributed by atoms with Crippen molar-refractivity contribution < 1.29 is 5.11 Å². The molecule has 0 spiro atoms. The number of phenolic OH excluding ortho intramolecular Hbond substituents is 1. The zero-order chi connectivity index (χ0) is 21.0. The molecule has 5 heteroatoms. The lowest BCUT2D eigenvalue weighted by atomic mass is 10.1. The molecule has 0 atom stereocenters. The Morgan fingerprint density at radius 3 is 2.39 bits per heavy atom. The van der Waals surface area contributed by atoms with Crippen LogP contribution in [-0.2, 0) is 0 Å². The van der Waals surface area contributed by atoms with Crippen LogP contribution in [-0.4, -0.2) is 16.8 Å². The van der Waals surface area contributed by atoms with Crippen LogP contribution in [0.15, 0.2) is 109 Å². The predicted molar refractivity (Wildman–Crippen MR) is 126 cm³/mol. The van der Waals surface area contributed by atoms with E-state index < -0.39 is 0 Å². The van der Waals surface area contributed by atoms with Crippen molar-refractivity contribution in [2.75, 3.05) is 16.5 Å². The van der Waals surface area contributed by atoms with E-state index in [2.05, 4.69) is 51.5 Å². The van der Waals surface area contributed by atoms with Gasteiger partial charge in [-0.25, -0.2) is 4.98 Å². The van der Waals surface area contributed by atoms with Crippen LogP contribution in [0.1, 0.15) is 0 Å². The highest BCUT2D eigenvalue weighted by Crippen LogP contribution is 2.37. The number of aromatic hydroxyl groups is 1. The monoisotopic (exact) mass is 406 g/mol. The van der Waals surface area contributed by atoms with Crippen LogP contribution < -0.4 is 15.1 Å². The fraction of sp³-hybridized carbons (Fsp3) is 0.0385. The standard InChI is InChI=1S/C26H22N4O/c31-25-14-5-4-12-23(25)24-13-7-15-26(28-24)30(20-8-2-1-3-9-20)22-11-6-10-21(18-22)29-17-16-27-19-29/h1-18,27,31H,19H2. The van der Waals surface area contributed by atoms with Crippen LogP contribution in [0, 0.1) is 0 Å². The maximum absolute atomic E-state index is 10.3. The van der Waals surface area contributed by atoms with Gasteiger partial charge in [0.05, 0.1) is 12.4 Å². The first kappa shape index (κ1) is 18.8. The maximum atomic E-state index is 10.3. The van der Waals surface area contributed by atoms with Crippen molar-refractivity contribution in [2.45, 2.75) is 0 Å². The number of anilines is 4. The Hall–Kier alpha value is -4.25. The number of benzene rings is 3. The molecular weight excluding hydrogens is 384 g/mol. The van der Waals surface area contributed by atoms with Gasteiger partial charge in [-0.15, -0.1) is 0 Å². The molecule has 4 aromatic rings. The van der Waals surface area contributed by atoms with Crippen molar-refractivity contribution >= 4 is 22.9 Å². The molecule has 1 aliphatic heterocycles. The van der Waals surface area contributed by atoms with E-state index in [0.717, 1.165) is 35.2 Å². The van der Waals surface area contributed by atoms with Gasteiger partial charge in [0.25, 0.3) is 0 Å². The minimum absolute atomic E-state index is 0.216. The molecule has 152 valence electrons. The van der Waals surface area contributed by atoms with Gasteiger partial charge in [0.1, 0.15) is 11.6 Å². The van der Waals surface area contributed by atoms with Gasteiger partial charge in [-0.05, 0) is 54.6 Å². The van der Waals surface area contributed by atoms with Gasteiger partial charge in [0, 0.05) is 35.0 Å². The van der Waals surface area contributed by atoms with Crippen molar-refractivity contribution in [1.82, 2.24) is 10.3 Å². The van der Waals surface area contributed by atoms with Crippen LogP contribution >= 0.6 is 0 Å². The summed E-state index contributed by atoms with van der Waals surface area (Å²) in [5, 5.41) is 13.5. The summed E-state index contributed by atoms with van der Waals surface area (Å²) in [5.41, 5.74) is 4.54. The second kappa shape index (κ2) is 8.24. The zero-order valence-corrected chi connectivity index (χ0v) is 16.9. The van der Waals surface area contributed by atoms with Gasteiger partial charge < -0.3 is 15.3 Å². The summed E-state index contributed by atoms with van der Waals surface area (Å²) < 4.78 is 0. The molecule has 0 aliphatic carbocycles. The first-order valence-electron chi connectivity index (χ1n) is 10.2. The molecule has 0 amide bonds. The van der Waals surface area contributed by atoms with E-state index in [0.29, 0.717) is 5.56 Å². The quantitative estimate of drug-likeness (QED) is 0.441. The SMILES string of the molecule is Oc1ccccc1-c1cccc(N(c2ccccc2)c2cccc(N3C=CNC3)c2)n1. The lowest BCUT2D eigenvalue weighted by Crippen LogP contribution is -2.20. The molecule has 2 N–H and O–H groups in total. The van der Waals surface area contributed by atoms with Crippen LogP contribution in [0.5, 0.6) is 5.75 Å². The van der Waals surface area contributed by atoms with Gasteiger partial charge in [0.2, 0.25) is 0 Å². The van der Waals surface area contributed by atoms with Crippen LogP contribution in [0.3, 0.4) is 0 Å². The van der Waals surface area contributed by atoms with Crippen LogP contribution in [0.4, 0.5) is 22.9 Å². The molecule has 5 rings (SSSR count). The number of phenols is 1. The lowest BCUT2D eigenvalue weighted by molar-refractivity contribution is 0.477. The number of hydrogen-bond donors (Lipinski definition) is 2. The predicted octanol–water partition coefficient (Wildman–Crippen LogP) is 5.76. The third-order valence-corrected chi connectivity index (χ3v) is 5.21. The van der Waals surface area contributed by atoms with E-state index in [1.165, 1.54) is 0 Å². The van der Waals surface area contributed by atoms with E-state index in [4.69, 9.17) is 4.98 Å². The van der Waals surface area contributed by atoms with Gasteiger partial charge in [-0.1, -0.05) is 42.5 Å². The minimum atomic E-state index is 0.216. The Morgan fingerprint density at radius 2 is 1.58 bits per heavy atom. The van der Waals surface area contributed by atoms with Crippen LogP contribution in [0.25, 0.3) is 11.3 Å². The number of nitrogens with one attached hydrogen (secondary N) is 1. The summed E-state index contributed by atoms with van der Waals surface area (Å²) in [5.74, 6) is 0.993. The highest BCUT2D eigenvalue weighted by Gasteiger charge is 2.17. The summed E-state index contributed by atoms with van der Waals surface area (Å²) >= 11 is 0. The van der Waals surface area contributed by atoms with Gasteiger partial charge >= 0.3 is 0 Å². The highest BCUT2D eigenvalue weighted by atomic mass is 16.3. The fourth-order valence-corrected chi connectivity index (χ4v) is 3.71. The van der Waals surface area contributed by atoms with Gasteiger partial charge in [0.15, 0.2) is 0 Å². The van der Waals surface area contributed by atoms with Crippen molar-refractivity contribution in [3.05, 3.63) is 109 Å². The van der Waals surface area contributed by atoms with Crippen LogP contribution in [0.2, 0.25) is 0 Å². The Morgan fingerprint density at radius 1 is 0.806 bits per heavy atom. The van der Waals surface area contributed by atoms with Crippen molar-refractivity contribution in [2.24, 2.45) is 0 Å². The summed E-state index contributed by atoms with van der Waals surface area (Å²) in [6.07, 6.45) is 3.97. The molecule has 0 saturated heterocycles. The molecule has 0 fully saturated rings. The summed E-state index contributed by atoms with van der Waals surface area (Å²) in [6.45, 7) is 0.746. The zero-order valence-electron chi connectivity index (χ0n) is 16.9. The molecule has 2 heterocycles. The summed E-state index contributed by atoms with van der Waals surface area (Å²) in [7, 11) is 0. The average molecular weight is 406 g/mol. The Kier molecular flexibility index (Phi) is 4.99. The van der Waals surface area contributed by atoms with Gasteiger partial charge in [-0.3, -0.25) is 4.90 Å². The Balaban J connectivity index is 1.62. The lowest BCUT2D eigenvalue weighted by Gasteiger charge is -2.26. The minimum Gasteiger partial charge on any atom is -0.507 e. The normalized spacial score (nSPS) is 12.6.